The SMILES string of the molecule is CCOC(=O)C1=C(c2ccccc2)N=c2sc(=Cc3ccc(OC)c(O)c3)c(=O)n2[C@@H]1c1cccc(OC)c1. The third-order valence-corrected chi connectivity index (χ3v) is 7.27. The van der Waals surface area contributed by atoms with E-state index in [2.05, 4.69) is 0 Å². The number of hydrogen-bond donors (Lipinski definition) is 1. The van der Waals surface area contributed by atoms with E-state index in [-0.39, 0.29) is 23.5 Å². The first-order valence-corrected chi connectivity index (χ1v) is 13.1. The van der Waals surface area contributed by atoms with Crippen molar-refractivity contribution in [2.45, 2.75) is 13.0 Å². The zero-order valence-corrected chi connectivity index (χ0v) is 22.4. The molecule has 0 unspecified atom stereocenters. The fourth-order valence-electron chi connectivity index (χ4n) is 4.52. The molecule has 3 aromatic carbocycles. The summed E-state index contributed by atoms with van der Waals surface area (Å²) in [5, 5.41) is 10.2. The number of rotatable bonds is 7. The number of methoxy groups -OCH3 is 2. The number of ether oxygens (including phenoxy) is 3. The second-order valence-electron chi connectivity index (χ2n) is 8.64. The van der Waals surface area contributed by atoms with Crippen LogP contribution < -0.4 is 24.4 Å². The average Bonchev–Trinajstić information content (AvgIpc) is 3.27. The lowest BCUT2D eigenvalue weighted by Crippen LogP contribution is -2.40. The number of nitrogens with zero attached hydrogens (tertiary/aromatic N) is 2. The maximum absolute atomic E-state index is 13.9. The molecule has 0 fully saturated rings. The van der Waals surface area contributed by atoms with E-state index >= 15 is 0 Å². The first-order chi connectivity index (χ1) is 18.9. The van der Waals surface area contributed by atoms with Gasteiger partial charge in [-0.15, -0.1) is 0 Å². The molecule has 0 aliphatic carbocycles. The highest BCUT2D eigenvalue weighted by Crippen LogP contribution is 2.36. The van der Waals surface area contributed by atoms with Gasteiger partial charge >= 0.3 is 5.97 Å². The van der Waals surface area contributed by atoms with Crippen LogP contribution in [0.2, 0.25) is 0 Å². The van der Waals surface area contributed by atoms with E-state index in [4.69, 9.17) is 19.2 Å². The number of benzene rings is 3. The number of phenols is 1. The van der Waals surface area contributed by atoms with Crippen molar-refractivity contribution in [3.8, 4) is 17.2 Å². The molecule has 198 valence electrons. The van der Waals surface area contributed by atoms with Gasteiger partial charge in [-0.05, 0) is 48.4 Å². The highest BCUT2D eigenvalue weighted by Gasteiger charge is 2.35. The maximum Gasteiger partial charge on any atom is 0.338 e. The van der Waals surface area contributed by atoms with E-state index in [0.717, 1.165) is 5.56 Å². The molecule has 8 nitrogen and oxygen atoms in total. The van der Waals surface area contributed by atoms with Crippen LogP contribution in [0.25, 0.3) is 11.8 Å². The van der Waals surface area contributed by atoms with E-state index in [1.165, 1.54) is 29.1 Å². The normalized spacial score (nSPS) is 14.9. The standard InChI is InChI=1S/C30H26N2O6S/c1-4-38-29(35)25-26(19-9-6-5-7-10-19)31-30-32(27(25)20-11-8-12-21(17-20)36-2)28(34)24(39-30)16-18-13-14-23(37-3)22(33)15-18/h5-17,27,33H,4H2,1-3H3/t27-/m1/s1. The van der Waals surface area contributed by atoms with Crippen LogP contribution in [0.4, 0.5) is 0 Å². The highest BCUT2D eigenvalue weighted by atomic mass is 32.1. The largest absolute Gasteiger partial charge is 0.504 e. The summed E-state index contributed by atoms with van der Waals surface area (Å²) in [6.07, 6.45) is 1.68. The van der Waals surface area contributed by atoms with Crippen molar-refractivity contribution < 1.29 is 24.1 Å². The van der Waals surface area contributed by atoms with Gasteiger partial charge in [0, 0.05) is 5.56 Å². The van der Waals surface area contributed by atoms with E-state index in [1.807, 2.05) is 42.5 Å². The minimum Gasteiger partial charge on any atom is -0.504 e. The lowest BCUT2D eigenvalue weighted by atomic mass is 9.93. The first kappa shape index (κ1) is 26.0. The van der Waals surface area contributed by atoms with Gasteiger partial charge in [0.05, 0.1) is 42.7 Å². The Morgan fingerprint density at radius 1 is 1.05 bits per heavy atom. The lowest BCUT2D eigenvalue weighted by Gasteiger charge is -2.26. The smallest absolute Gasteiger partial charge is 0.338 e. The number of fused-ring (bicyclic) bond motifs is 1. The zero-order chi connectivity index (χ0) is 27.5. The number of carbonyl (C=O) groups is 1. The van der Waals surface area contributed by atoms with Crippen LogP contribution in [0.5, 0.6) is 17.2 Å². The molecule has 1 aliphatic rings. The number of phenolic OH excluding ortho intramolecular Hbond substituents is 1. The monoisotopic (exact) mass is 542 g/mol. The van der Waals surface area contributed by atoms with E-state index < -0.39 is 12.0 Å². The Bertz CT molecular complexity index is 1750. The predicted octanol–water partition coefficient (Wildman–Crippen LogP) is 3.66. The lowest BCUT2D eigenvalue weighted by molar-refractivity contribution is -0.138. The molecule has 0 amide bonds. The van der Waals surface area contributed by atoms with Crippen LogP contribution in [0.1, 0.15) is 29.7 Å². The van der Waals surface area contributed by atoms with Gasteiger partial charge in [0.1, 0.15) is 5.75 Å². The second kappa shape index (κ2) is 11.0. The minimum absolute atomic E-state index is 0.0377. The predicted molar refractivity (Wildman–Crippen MR) is 149 cm³/mol. The Labute approximate surface area is 228 Å². The summed E-state index contributed by atoms with van der Waals surface area (Å²) in [6.45, 7) is 1.90. The number of esters is 1. The van der Waals surface area contributed by atoms with Gasteiger partial charge in [-0.2, -0.15) is 0 Å². The number of hydrogen-bond acceptors (Lipinski definition) is 8. The summed E-state index contributed by atoms with van der Waals surface area (Å²) >= 11 is 1.20. The van der Waals surface area contributed by atoms with E-state index in [0.29, 0.717) is 37.7 Å². The van der Waals surface area contributed by atoms with Crippen LogP contribution in [0.15, 0.2) is 88.2 Å². The third kappa shape index (κ3) is 4.96. The molecule has 2 heterocycles. The van der Waals surface area contributed by atoms with Gasteiger partial charge in [-0.1, -0.05) is 59.9 Å². The minimum atomic E-state index is -0.808. The molecule has 0 saturated carbocycles. The zero-order valence-electron chi connectivity index (χ0n) is 21.6. The Hall–Kier alpha value is -4.63. The van der Waals surface area contributed by atoms with Gasteiger partial charge in [0.2, 0.25) is 0 Å². The quantitative estimate of drug-likeness (QED) is 0.358. The van der Waals surface area contributed by atoms with Gasteiger partial charge < -0.3 is 19.3 Å². The molecule has 5 rings (SSSR count). The van der Waals surface area contributed by atoms with Crippen LogP contribution in [0.3, 0.4) is 0 Å². The van der Waals surface area contributed by atoms with Crippen molar-refractivity contribution in [2.24, 2.45) is 4.99 Å². The summed E-state index contributed by atoms with van der Waals surface area (Å²) in [4.78, 5) is 32.7. The van der Waals surface area contributed by atoms with Gasteiger partial charge in [0.25, 0.3) is 5.56 Å². The van der Waals surface area contributed by atoms with Gasteiger partial charge in [-0.3, -0.25) is 9.36 Å². The van der Waals surface area contributed by atoms with Crippen molar-refractivity contribution in [1.29, 1.82) is 0 Å². The molecule has 0 spiro atoms. The Morgan fingerprint density at radius 2 is 1.85 bits per heavy atom. The molecule has 1 aromatic heterocycles. The molecular formula is C30H26N2O6S. The van der Waals surface area contributed by atoms with Gasteiger partial charge in [-0.25, -0.2) is 9.79 Å². The van der Waals surface area contributed by atoms with Crippen molar-refractivity contribution in [3.63, 3.8) is 0 Å². The van der Waals surface area contributed by atoms with Crippen molar-refractivity contribution in [3.05, 3.63) is 115 Å². The number of carbonyl (C=O) groups excluding carboxylic acids is 1. The van der Waals surface area contributed by atoms with Crippen molar-refractivity contribution in [2.75, 3.05) is 20.8 Å². The van der Waals surface area contributed by atoms with Crippen molar-refractivity contribution in [1.82, 2.24) is 4.57 Å². The molecule has 1 N–H and O–H groups in total. The third-order valence-electron chi connectivity index (χ3n) is 6.28. The number of aromatic nitrogens is 1. The van der Waals surface area contributed by atoms with Gasteiger partial charge in [0.15, 0.2) is 16.3 Å². The summed E-state index contributed by atoms with van der Waals surface area (Å²) in [7, 11) is 3.03. The average molecular weight is 543 g/mol. The summed E-state index contributed by atoms with van der Waals surface area (Å²) in [6, 6.07) is 20.7. The number of aromatic hydroxyl groups is 1. The van der Waals surface area contributed by atoms with E-state index in [9.17, 15) is 14.7 Å². The molecule has 4 aromatic rings. The van der Waals surface area contributed by atoms with Crippen LogP contribution in [-0.2, 0) is 9.53 Å². The molecule has 1 aliphatic heterocycles. The molecule has 9 heteroatoms. The molecule has 39 heavy (non-hydrogen) atoms. The molecular weight excluding hydrogens is 516 g/mol. The van der Waals surface area contributed by atoms with Crippen LogP contribution in [0, 0.1) is 0 Å². The van der Waals surface area contributed by atoms with Crippen molar-refractivity contribution >= 4 is 29.1 Å². The highest BCUT2D eigenvalue weighted by molar-refractivity contribution is 7.07. The topological polar surface area (TPSA) is 99.4 Å². The molecule has 1 atom stereocenters. The number of thiazole rings is 1. The molecule has 0 bridgehead atoms. The summed E-state index contributed by atoms with van der Waals surface area (Å²) in [5.41, 5.74) is 2.40. The summed E-state index contributed by atoms with van der Waals surface area (Å²) < 4.78 is 18.0. The Kier molecular flexibility index (Phi) is 7.33. The first-order valence-electron chi connectivity index (χ1n) is 12.2. The molecule has 0 radical (unpaired) electrons. The van der Waals surface area contributed by atoms with Crippen LogP contribution >= 0.6 is 11.3 Å². The summed E-state index contributed by atoms with van der Waals surface area (Å²) in [5.74, 6) is 0.328. The Balaban J connectivity index is 1.81. The maximum atomic E-state index is 13.9. The fourth-order valence-corrected chi connectivity index (χ4v) is 5.52. The second-order valence-corrected chi connectivity index (χ2v) is 9.65. The Morgan fingerprint density at radius 3 is 2.54 bits per heavy atom. The van der Waals surface area contributed by atoms with E-state index in [1.54, 1.807) is 44.4 Å². The molecule has 0 saturated heterocycles. The fraction of sp³-hybridized carbons (Fsp3) is 0.167. The van der Waals surface area contributed by atoms with Crippen LogP contribution in [-0.4, -0.2) is 36.5 Å².